The molecule has 5 aromatic rings. The highest BCUT2D eigenvalue weighted by molar-refractivity contribution is 7.22. The van der Waals surface area contributed by atoms with Crippen LogP contribution in [0, 0.1) is 30.1 Å². The molecule has 0 radical (unpaired) electrons. The summed E-state index contributed by atoms with van der Waals surface area (Å²) in [6.07, 6.45) is 14.8. The number of rotatable bonds is 15. The Bertz CT molecular complexity index is 2670. The molecule has 7 aliphatic rings. The number of likely N-dealkylation sites (tertiary alicyclic amines) is 2. The molecule has 2 atom stereocenters. The molecule has 16 heteroatoms. The molecule has 2 unspecified atom stereocenters. The average Bonchev–Trinajstić information content (AvgIpc) is 4.06. The zero-order chi connectivity index (χ0) is 46.8. The number of para-hydroxylation sites is 1. The van der Waals surface area contributed by atoms with Crippen LogP contribution in [0.1, 0.15) is 118 Å². The van der Waals surface area contributed by atoms with Gasteiger partial charge in [-0.2, -0.15) is 5.10 Å². The lowest BCUT2D eigenvalue weighted by molar-refractivity contribution is -0.248. The molecule has 12 rings (SSSR count). The molecule has 4 bridgehead atoms. The second kappa shape index (κ2) is 17.7. The number of piperidine rings is 1. The fraction of sp³-hybridized carbons (Fsp3) is 0.596. The van der Waals surface area contributed by atoms with Crippen LogP contribution in [0.5, 0.6) is 0 Å². The average molecular weight is 942 g/mol. The molecule has 0 spiro atoms. The minimum Gasteiger partial charge on any atom is -0.378 e. The summed E-state index contributed by atoms with van der Waals surface area (Å²) in [6.45, 7) is 16.4. The quantitative estimate of drug-likeness (QED) is 0.103. The summed E-state index contributed by atoms with van der Waals surface area (Å²) in [6, 6.07) is 12.2. The molecule has 2 amide bonds. The maximum absolute atomic E-state index is 15.0. The molecule has 15 nitrogen and oxygen atoms in total. The number of primary amides is 1. The molecule has 6 fully saturated rings. The number of nitrogens with two attached hydrogens (primary N) is 1. The molecular formula is C52H67N11O4S. The molecule has 7 heterocycles. The second-order valence-electron chi connectivity index (χ2n) is 22.1. The van der Waals surface area contributed by atoms with Crippen LogP contribution in [0.4, 0.5) is 22.6 Å². The van der Waals surface area contributed by atoms with Gasteiger partial charge in [-0.1, -0.05) is 37.3 Å². The SMILES string of the molecule is Cc1c(Nc2nc3ccccc3s2)nnc2c1CCCN2c1ccc(-c2cnn(CC34CC5(C)CC(C)(C3)CC(OCCN3CCCC3)(C5)C4)c2C)c(C(=O)N2CCC(OCCC(N)=O)CC2)n1. The Morgan fingerprint density at radius 2 is 1.65 bits per heavy atom. The summed E-state index contributed by atoms with van der Waals surface area (Å²) in [5.41, 5.74) is 12.1. The molecular weight excluding hydrogens is 875 g/mol. The minimum atomic E-state index is -0.378. The Labute approximate surface area is 403 Å². The van der Waals surface area contributed by atoms with E-state index in [1.54, 1.807) is 11.3 Å². The molecule has 2 saturated heterocycles. The number of amides is 2. The first kappa shape index (κ1) is 45.4. The highest BCUT2D eigenvalue weighted by Gasteiger charge is 2.66. The van der Waals surface area contributed by atoms with Gasteiger partial charge in [0.25, 0.3) is 5.91 Å². The van der Waals surface area contributed by atoms with Gasteiger partial charge in [-0.15, -0.1) is 10.2 Å². The van der Waals surface area contributed by atoms with Gasteiger partial charge in [0.1, 0.15) is 11.5 Å². The van der Waals surface area contributed by atoms with Gasteiger partial charge in [0, 0.05) is 67.1 Å². The molecule has 360 valence electrons. The van der Waals surface area contributed by atoms with E-state index in [1.165, 1.54) is 45.2 Å². The number of pyridine rings is 1. The summed E-state index contributed by atoms with van der Waals surface area (Å²) in [4.78, 5) is 43.0. The molecule has 4 aliphatic carbocycles. The third-order valence-electron chi connectivity index (χ3n) is 16.2. The maximum Gasteiger partial charge on any atom is 0.273 e. The number of benzene rings is 1. The van der Waals surface area contributed by atoms with Gasteiger partial charge in [0.05, 0.1) is 41.3 Å². The van der Waals surface area contributed by atoms with Gasteiger partial charge in [0.2, 0.25) is 5.91 Å². The van der Waals surface area contributed by atoms with Crippen molar-refractivity contribution in [2.75, 3.05) is 62.7 Å². The number of fused-ring (bicyclic) bond motifs is 2. The number of hydrogen-bond donors (Lipinski definition) is 2. The Morgan fingerprint density at radius 1 is 0.868 bits per heavy atom. The van der Waals surface area contributed by atoms with Gasteiger partial charge in [-0.3, -0.25) is 14.3 Å². The van der Waals surface area contributed by atoms with Crippen LogP contribution in [-0.4, -0.2) is 116 Å². The van der Waals surface area contributed by atoms with Crippen molar-refractivity contribution >= 4 is 56.0 Å². The lowest BCUT2D eigenvalue weighted by Crippen LogP contribution is -2.64. The lowest BCUT2D eigenvalue weighted by atomic mass is 9.39. The van der Waals surface area contributed by atoms with Gasteiger partial charge < -0.3 is 35.2 Å². The Hall–Kier alpha value is -5.03. The highest BCUT2D eigenvalue weighted by Crippen LogP contribution is 2.72. The zero-order valence-corrected chi connectivity index (χ0v) is 41.1. The molecule has 4 saturated carbocycles. The van der Waals surface area contributed by atoms with Gasteiger partial charge in [0.15, 0.2) is 16.8 Å². The standard InChI is InChI=1S/C52H67N11O4S/c1-34-37-10-9-20-62(46(37)59-58-45(34)57-48-55-40-11-5-6-12-41(40)68-48)43-14-13-38(44(56-43)47(65)61-21-15-36(16-22-61)66-24-17-42(53)64)39-26-54-63(35(39)2)33-51-28-49(3)27-50(4,29-51)31-52(30-49,32-51)67-25-23-60-18-7-8-19-60/h5-6,11-14,26,36H,7-10,15-25,27-33H2,1-4H3,(H2,53,64)(H,55,57,58). The highest BCUT2D eigenvalue weighted by atomic mass is 32.1. The first-order valence-electron chi connectivity index (χ1n) is 25.1. The van der Waals surface area contributed by atoms with Crippen molar-refractivity contribution in [1.29, 1.82) is 0 Å². The molecule has 3 N–H and O–H groups in total. The minimum absolute atomic E-state index is 0.0398. The summed E-state index contributed by atoms with van der Waals surface area (Å²) in [5, 5.41) is 18.9. The maximum atomic E-state index is 15.0. The van der Waals surface area contributed by atoms with Crippen molar-refractivity contribution < 1.29 is 19.1 Å². The summed E-state index contributed by atoms with van der Waals surface area (Å²) < 4.78 is 16.4. The second-order valence-corrected chi connectivity index (χ2v) is 23.1. The fourth-order valence-electron chi connectivity index (χ4n) is 14.4. The van der Waals surface area contributed by atoms with Crippen molar-refractivity contribution in [3.8, 4) is 11.1 Å². The first-order chi connectivity index (χ1) is 32.8. The Balaban J connectivity index is 0.887. The van der Waals surface area contributed by atoms with Crippen LogP contribution in [0.15, 0.2) is 42.6 Å². The third kappa shape index (κ3) is 8.79. The molecule has 3 aliphatic heterocycles. The van der Waals surface area contributed by atoms with E-state index in [-0.39, 0.29) is 52.8 Å². The Kier molecular flexibility index (Phi) is 11.8. The number of nitrogens with zero attached hydrogens (tertiary/aromatic N) is 9. The third-order valence-corrected chi connectivity index (χ3v) is 17.2. The van der Waals surface area contributed by atoms with E-state index in [0.29, 0.717) is 49.8 Å². The first-order valence-corrected chi connectivity index (χ1v) is 25.9. The molecule has 1 aromatic carbocycles. The predicted octanol–water partition coefficient (Wildman–Crippen LogP) is 8.52. The van der Waals surface area contributed by atoms with Crippen LogP contribution >= 0.6 is 11.3 Å². The number of carbonyl (C=O) groups excluding carboxylic acids is 2. The van der Waals surface area contributed by atoms with E-state index < -0.39 is 0 Å². The van der Waals surface area contributed by atoms with Crippen molar-refractivity contribution in [2.45, 2.75) is 129 Å². The van der Waals surface area contributed by atoms with E-state index in [4.69, 9.17) is 40.5 Å². The number of ether oxygens (including phenoxy) is 2. The number of thiazole rings is 1. The number of hydrogen-bond acceptors (Lipinski definition) is 13. The summed E-state index contributed by atoms with van der Waals surface area (Å²) >= 11 is 1.59. The van der Waals surface area contributed by atoms with Crippen molar-refractivity contribution in [1.82, 2.24) is 39.7 Å². The van der Waals surface area contributed by atoms with E-state index in [9.17, 15) is 9.59 Å². The van der Waals surface area contributed by atoms with Crippen LogP contribution in [0.2, 0.25) is 0 Å². The monoisotopic (exact) mass is 942 g/mol. The van der Waals surface area contributed by atoms with Crippen LogP contribution in [0.3, 0.4) is 0 Å². The molecule has 4 aromatic heterocycles. The predicted molar refractivity (Wildman–Crippen MR) is 265 cm³/mol. The smallest absolute Gasteiger partial charge is 0.273 e. The van der Waals surface area contributed by atoms with Gasteiger partial charge >= 0.3 is 0 Å². The van der Waals surface area contributed by atoms with Crippen LogP contribution < -0.4 is 16.0 Å². The summed E-state index contributed by atoms with van der Waals surface area (Å²) in [7, 11) is 0. The topological polar surface area (TPSA) is 170 Å². The van der Waals surface area contributed by atoms with E-state index >= 15 is 0 Å². The lowest BCUT2D eigenvalue weighted by Gasteiger charge is -2.69. The normalized spacial score (nSPS) is 27.1. The van der Waals surface area contributed by atoms with Gasteiger partial charge in [-0.05, 0) is 144 Å². The number of nitrogens with one attached hydrogen (secondary N) is 1. The summed E-state index contributed by atoms with van der Waals surface area (Å²) in [5.74, 6) is 1.62. The largest absolute Gasteiger partial charge is 0.378 e. The van der Waals surface area contributed by atoms with Crippen LogP contribution in [-0.2, 0) is 27.2 Å². The Morgan fingerprint density at radius 3 is 2.41 bits per heavy atom. The van der Waals surface area contributed by atoms with Crippen molar-refractivity contribution in [3.05, 3.63) is 65.1 Å². The number of aromatic nitrogens is 6. The van der Waals surface area contributed by atoms with Gasteiger partial charge in [-0.25, -0.2) is 9.97 Å². The van der Waals surface area contributed by atoms with E-state index in [1.807, 2.05) is 35.4 Å². The molecule has 68 heavy (non-hydrogen) atoms. The van der Waals surface area contributed by atoms with Crippen LogP contribution in [0.25, 0.3) is 21.3 Å². The zero-order valence-electron chi connectivity index (χ0n) is 40.3. The number of anilines is 4. The van der Waals surface area contributed by atoms with Crippen molar-refractivity contribution in [2.24, 2.45) is 22.0 Å². The van der Waals surface area contributed by atoms with E-state index in [0.717, 1.165) is 101 Å². The van der Waals surface area contributed by atoms with Crippen molar-refractivity contribution in [3.63, 3.8) is 0 Å². The van der Waals surface area contributed by atoms with E-state index in [2.05, 4.69) is 59.6 Å². The fourth-order valence-corrected chi connectivity index (χ4v) is 15.2. The number of carbonyl (C=O) groups is 2.